The average Bonchev–Trinajstić information content (AvgIpc) is 3.20. The van der Waals surface area contributed by atoms with Crippen molar-refractivity contribution >= 4 is 34.9 Å². The van der Waals surface area contributed by atoms with Gasteiger partial charge in [-0.3, -0.25) is 9.69 Å². The maximum Gasteiger partial charge on any atom is 0.415 e. The second-order valence-electron chi connectivity index (χ2n) is 6.02. The maximum absolute atomic E-state index is 15.1. The molecule has 8 nitrogen and oxygen atoms in total. The van der Waals surface area contributed by atoms with E-state index in [9.17, 15) is 9.59 Å². The van der Waals surface area contributed by atoms with Crippen LogP contribution in [0, 0.1) is 5.82 Å². The van der Waals surface area contributed by atoms with Crippen LogP contribution in [0.5, 0.6) is 0 Å². The Hall–Kier alpha value is -2.68. The molecule has 9 heteroatoms. The molecule has 25 heavy (non-hydrogen) atoms. The number of aldehydes is 1. The van der Waals surface area contributed by atoms with E-state index in [1.807, 2.05) is 6.92 Å². The molecule has 0 radical (unpaired) electrons. The summed E-state index contributed by atoms with van der Waals surface area (Å²) in [4.78, 5) is 26.4. The van der Waals surface area contributed by atoms with Crippen molar-refractivity contribution in [1.29, 1.82) is 0 Å². The van der Waals surface area contributed by atoms with Gasteiger partial charge in [0.1, 0.15) is 6.61 Å². The lowest BCUT2D eigenvalue weighted by Gasteiger charge is -2.33. The number of anilines is 2. The summed E-state index contributed by atoms with van der Waals surface area (Å²) in [7, 11) is 0. The van der Waals surface area contributed by atoms with Gasteiger partial charge in [-0.2, -0.15) is 0 Å². The Morgan fingerprint density at radius 2 is 2.20 bits per heavy atom. The summed E-state index contributed by atoms with van der Waals surface area (Å²) < 4.78 is 30.6. The summed E-state index contributed by atoms with van der Waals surface area (Å²) in [6.07, 6.45) is -0.0563. The molecule has 1 aromatic heterocycles. The fourth-order valence-electron chi connectivity index (χ4n) is 3.25. The fourth-order valence-corrected chi connectivity index (χ4v) is 3.25. The quantitative estimate of drug-likeness (QED) is 0.783. The van der Waals surface area contributed by atoms with Crippen molar-refractivity contribution < 1.29 is 28.0 Å². The molecular weight excluding hydrogens is 333 g/mol. The Balaban J connectivity index is 1.84. The second-order valence-corrected chi connectivity index (χ2v) is 6.02. The number of nitrogens with zero attached hydrogens (tertiary/aromatic N) is 3. The number of carbonyl (C=O) groups excluding carboxylic acids is 2. The van der Waals surface area contributed by atoms with Gasteiger partial charge in [0, 0.05) is 18.7 Å². The monoisotopic (exact) mass is 349 g/mol. The predicted molar refractivity (Wildman–Crippen MR) is 85.7 cm³/mol. The van der Waals surface area contributed by atoms with Crippen LogP contribution in [0.4, 0.5) is 20.7 Å². The number of benzene rings is 1. The van der Waals surface area contributed by atoms with Crippen LogP contribution in [0.15, 0.2) is 10.6 Å². The van der Waals surface area contributed by atoms with E-state index < -0.39 is 11.9 Å². The van der Waals surface area contributed by atoms with Crippen molar-refractivity contribution in [2.75, 3.05) is 42.6 Å². The number of amides is 1. The number of rotatable bonds is 3. The zero-order valence-corrected chi connectivity index (χ0v) is 13.5. The lowest BCUT2D eigenvalue weighted by molar-refractivity contribution is 0.0529. The van der Waals surface area contributed by atoms with Gasteiger partial charge in [0.25, 0.3) is 0 Å². The van der Waals surface area contributed by atoms with Gasteiger partial charge in [-0.1, -0.05) is 5.16 Å². The van der Waals surface area contributed by atoms with Crippen LogP contribution >= 0.6 is 0 Å². The highest BCUT2D eigenvalue weighted by molar-refractivity contribution is 6.03. The van der Waals surface area contributed by atoms with Gasteiger partial charge >= 0.3 is 6.09 Å². The minimum Gasteiger partial charge on any atom is -0.447 e. The normalized spacial score (nSPS) is 21.0. The lowest BCUT2D eigenvalue weighted by Crippen LogP contribution is -2.42. The van der Waals surface area contributed by atoms with Crippen LogP contribution in [-0.4, -0.2) is 56.5 Å². The summed E-state index contributed by atoms with van der Waals surface area (Å²) in [5.74, 6) is -0.513. The topological polar surface area (TPSA) is 85.1 Å². The molecule has 2 aliphatic heterocycles. The van der Waals surface area contributed by atoms with Crippen LogP contribution in [0.1, 0.15) is 17.3 Å². The van der Waals surface area contributed by atoms with Gasteiger partial charge in [-0.05, 0) is 13.0 Å². The van der Waals surface area contributed by atoms with E-state index in [-0.39, 0.29) is 40.7 Å². The molecule has 0 spiro atoms. The molecular formula is C16H16FN3O5. The molecule has 1 unspecified atom stereocenters. The van der Waals surface area contributed by atoms with Crippen LogP contribution in [-0.2, 0) is 9.47 Å². The molecule has 0 saturated carbocycles. The van der Waals surface area contributed by atoms with Crippen molar-refractivity contribution in [2.45, 2.75) is 13.0 Å². The zero-order valence-electron chi connectivity index (χ0n) is 13.5. The smallest absolute Gasteiger partial charge is 0.415 e. The van der Waals surface area contributed by atoms with Gasteiger partial charge in [0.05, 0.1) is 30.3 Å². The van der Waals surface area contributed by atoms with Gasteiger partial charge in [-0.15, -0.1) is 0 Å². The van der Waals surface area contributed by atoms with Crippen molar-refractivity contribution in [3.05, 3.63) is 17.4 Å². The van der Waals surface area contributed by atoms with Crippen LogP contribution in [0.2, 0.25) is 0 Å². The van der Waals surface area contributed by atoms with Crippen molar-refractivity contribution in [1.82, 2.24) is 5.16 Å². The van der Waals surface area contributed by atoms with Crippen molar-refractivity contribution in [3.63, 3.8) is 0 Å². The number of carbonyl (C=O) groups is 2. The molecule has 2 aromatic rings. The third kappa shape index (κ3) is 2.51. The molecule has 1 atom stereocenters. The van der Waals surface area contributed by atoms with Crippen molar-refractivity contribution in [3.8, 4) is 0 Å². The van der Waals surface area contributed by atoms with E-state index >= 15 is 4.39 Å². The first-order valence-electron chi connectivity index (χ1n) is 7.98. The number of hydrogen-bond acceptors (Lipinski definition) is 7. The Bertz CT molecular complexity index is 852. The lowest BCUT2D eigenvalue weighted by atomic mass is 10.1. The van der Waals surface area contributed by atoms with Crippen LogP contribution < -0.4 is 9.80 Å². The van der Waals surface area contributed by atoms with Crippen LogP contribution in [0.25, 0.3) is 11.0 Å². The SMILES string of the molecule is CC1CN(c2c(C=O)cc3c(N4CCOC4=O)noc3c2F)CCO1. The van der Waals surface area contributed by atoms with Gasteiger partial charge in [0.2, 0.25) is 5.58 Å². The molecule has 4 rings (SSSR count). The fraction of sp³-hybridized carbons (Fsp3) is 0.438. The highest BCUT2D eigenvalue weighted by atomic mass is 19.1. The number of aromatic nitrogens is 1. The number of ether oxygens (including phenoxy) is 2. The molecule has 0 bridgehead atoms. The first-order valence-corrected chi connectivity index (χ1v) is 7.98. The number of cyclic esters (lactones) is 1. The Morgan fingerprint density at radius 1 is 1.36 bits per heavy atom. The second kappa shape index (κ2) is 5.99. The third-order valence-electron chi connectivity index (χ3n) is 4.39. The molecule has 0 N–H and O–H groups in total. The van der Waals surface area contributed by atoms with E-state index in [0.717, 1.165) is 0 Å². The first-order chi connectivity index (χ1) is 12.1. The molecule has 1 amide bonds. The standard InChI is InChI=1S/C16H16FN3O5/c1-9-7-19(2-4-23-9)13-10(8-21)6-11-14(12(13)17)25-18-15(11)20-3-5-24-16(20)22/h6,8-9H,2-5,7H2,1H3. The van der Waals surface area contributed by atoms with Crippen molar-refractivity contribution in [2.24, 2.45) is 0 Å². The first kappa shape index (κ1) is 15.8. The highest BCUT2D eigenvalue weighted by Gasteiger charge is 2.32. The summed E-state index contributed by atoms with van der Waals surface area (Å²) in [6, 6.07) is 1.50. The van der Waals surface area contributed by atoms with Gasteiger partial charge in [-0.25, -0.2) is 9.18 Å². The largest absolute Gasteiger partial charge is 0.447 e. The van der Waals surface area contributed by atoms with E-state index in [0.29, 0.717) is 32.5 Å². The van der Waals surface area contributed by atoms with Crippen LogP contribution in [0.3, 0.4) is 0 Å². The summed E-state index contributed by atoms with van der Waals surface area (Å²) in [5.41, 5.74) is 0.259. The number of fused-ring (bicyclic) bond motifs is 1. The summed E-state index contributed by atoms with van der Waals surface area (Å²) in [6.45, 7) is 3.77. The number of morpholine rings is 1. The Morgan fingerprint density at radius 3 is 2.88 bits per heavy atom. The van der Waals surface area contributed by atoms with E-state index in [1.165, 1.54) is 11.0 Å². The number of halogens is 1. The van der Waals surface area contributed by atoms with Gasteiger partial charge in [0.15, 0.2) is 17.9 Å². The molecule has 2 fully saturated rings. The zero-order chi connectivity index (χ0) is 17.6. The molecule has 132 valence electrons. The van der Waals surface area contributed by atoms with E-state index in [2.05, 4.69) is 5.16 Å². The van der Waals surface area contributed by atoms with Gasteiger partial charge < -0.3 is 18.9 Å². The summed E-state index contributed by atoms with van der Waals surface area (Å²) in [5, 5.41) is 4.08. The molecule has 3 heterocycles. The average molecular weight is 349 g/mol. The summed E-state index contributed by atoms with van der Waals surface area (Å²) >= 11 is 0. The molecule has 2 saturated heterocycles. The highest BCUT2D eigenvalue weighted by Crippen LogP contribution is 2.36. The molecule has 1 aromatic carbocycles. The minimum absolute atomic E-state index is 0.0759. The third-order valence-corrected chi connectivity index (χ3v) is 4.39. The Labute approximate surface area is 142 Å². The van der Waals surface area contributed by atoms with E-state index in [1.54, 1.807) is 4.90 Å². The Kier molecular flexibility index (Phi) is 3.79. The molecule has 0 aliphatic carbocycles. The minimum atomic E-state index is -0.667. The van der Waals surface area contributed by atoms with E-state index in [4.69, 9.17) is 14.0 Å². The molecule has 2 aliphatic rings. The number of hydrogen-bond donors (Lipinski definition) is 0. The maximum atomic E-state index is 15.1. The predicted octanol–water partition coefficient (Wildman–Crippen LogP) is 1.96.